The lowest BCUT2D eigenvalue weighted by Gasteiger charge is -2.36. The average Bonchev–Trinajstić information content (AvgIpc) is 2.61. The van der Waals surface area contributed by atoms with Crippen LogP contribution in [0, 0.1) is 13.8 Å². The Morgan fingerprint density at radius 1 is 1.38 bits per heavy atom. The molecule has 1 N–H and O–H groups in total. The van der Waals surface area contributed by atoms with Crippen LogP contribution >= 0.6 is 11.8 Å². The van der Waals surface area contributed by atoms with E-state index in [-0.39, 0.29) is 11.9 Å². The van der Waals surface area contributed by atoms with Crippen LogP contribution in [0.15, 0.2) is 47.6 Å². The van der Waals surface area contributed by atoms with Crippen molar-refractivity contribution < 1.29 is 4.79 Å². The van der Waals surface area contributed by atoms with E-state index in [0.29, 0.717) is 5.75 Å². The third kappa shape index (κ3) is 3.97. The number of rotatable bonds is 4. The van der Waals surface area contributed by atoms with Crippen LogP contribution in [0.5, 0.6) is 0 Å². The Labute approximate surface area is 147 Å². The van der Waals surface area contributed by atoms with Gasteiger partial charge in [-0.15, -0.1) is 11.8 Å². The number of benzene rings is 1. The molecule has 1 aromatic carbocycles. The second kappa shape index (κ2) is 7.81. The van der Waals surface area contributed by atoms with E-state index in [2.05, 4.69) is 42.3 Å². The molecule has 1 aromatic heterocycles. The molecule has 5 heteroatoms. The van der Waals surface area contributed by atoms with Crippen LogP contribution < -0.4 is 5.32 Å². The molecule has 0 aliphatic carbocycles. The quantitative estimate of drug-likeness (QED) is 0.869. The predicted octanol–water partition coefficient (Wildman–Crippen LogP) is 2.96. The maximum atomic E-state index is 12.8. The third-order valence-electron chi connectivity index (χ3n) is 4.31. The summed E-state index contributed by atoms with van der Waals surface area (Å²) in [4.78, 5) is 20.2. The van der Waals surface area contributed by atoms with E-state index in [0.717, 1.165) is 25.2 Å². The van der Waals surface area contributed by atoms with Crippen LogP contribution in [0.4, 0.5) is 0 Å². The maximum absolute atomic E-state index is 12.8. The van der Waals surface area contributed by atoms with Gasteiger partial charge in [-0.1, -0.05) is 23.8 Å². The normalized spacial score (nSPS) is 17.8. The Morgan fingerprint density at radius 2 is 2.25 bits per heavy atom. The van der Waals surface area contributed by atoms with E-state index in [9.17, 15) is 4.79 Å². The van der Waals surface area contributed by atoms with Gasteiger partial charge in [0.2, 0.25) is 5.91 Å². The van der Waals surface area contributed by atoms with Gasteiger partial charge >= 0.3 is 0 Å². The topological polar surface area (TPSA) is 45.2 Å². The van der Waals surface area contributed by atoms with Gasteiger partial charge in [0.05, 0.1) is 11.8 Å². The number of aromatic nitrogens is 1. The van der Waals surface area contributed by atoms with Crippen LogP contribution in [-0.4, -0.2) is 41.2 Å². The van der Waals surface area contributed by atoms with Gasteiger partial charge in [0.15, 0.2) is 0 Å². The van der Waals surface area contributed by atoms with E-state index in [1.807, 2.05) is 23.2 Å². The molecule has 0 saturated carbocycles. The second-order valence-electron chi connectivity index (χ2n) is 6.15. The molecule has 1 saturated heterocycles. The molecule has 1 unspecified atom stereocenters. The number of amides is 1. The van der Waals surface area contributed by atoms with E-state index < -0.39 is 0 Å². The van der Waals surface area contributed by atoms with Crippen molar-refractivity contribution >= 4 is 17.7 Å². The molecule has 3 rings (SSSR count). The van der Waals surface area contributed by atoms with Crippen LogP contribution in [-0.2, 0) is 4.79 Å². The number of nitrogens with one attached hydrogen (secondary N) is 1. The molecule has 1 amide bonds. The summed E-state index contributed by atoms with van der Waals surface area (Å²) in [6, 6.07) is 10.4. The smallest absolute Gasteiger partial charge is 0.233 e. The first-order valence-corrected chi connectivity index (χ1v) is 9.24. The van der Waals surface area contributed by atoms with Crippen LogP contribution in [0.3, 0.4) is 0 Å². The molecule has 0 spiro atoms. The lowest BCUT2D eigenvalue weighted by Crippen LogP contribution is -2.49. The summed E-state index contributed by atoms with van der Waals surface area (Å²) in [5, 5.41) is 3.38. The van der Waals surface area contributed by atoms with E-state index >= 15 is 0 Å². The Kier molecular flexibility index (Phi) is 5.53. The van der Waals surface area contributed by atoms with Gasteiger partial charge in [0.25, 0.3) is 0 Å². The first kappa shape index (κ1) is 17.0. The third-order valence-corrected chi connectivity index (χ3v) is 5.47. The minimum absolute atomic E-state index is 0.0691. The standard InChI is InChI=1S/C19H23N3OS/c1-14-5-6-18(15(2)10-14)24-13-19(23)22-9-8-21-12-17(22)16-4-3-7-20-11-16/h3-7,10-11,17,21H,8-9,12-13H2,1-2H3. The largest absolute Gasteiger partial charge is 0.332 e. The number of thioether (sulfide) groups is 1. The molecule has 1 aliphatic heterocycles. The zero-order chi connectivity index (χ0) is 16.9. The number of piperazine rings is 1. The van der Waals surface area contributed by atoms with Gasteiger partial charge in [-0.25, -0.2) is 0 Å². The monoisotopic (exact) mass is 341 g/mol. The number of carbonyl (C=O) groups is 1. The zero-order valence-electron chi connectivity index (χ0n) is 14.2. The lowest BCUT2D eigenvalue weighted by molar-refractivity contribution is -0.131. The van der Waals surface area contributed by atoms with Gasteiger partial charge in [-0.05, 0) is 37.1 Å². The molecule has 1 fully saturated rings. The summed E-state index contributed by atoms with van der Waals surface area (Å²) < 4.78 is 0. The summed E-state index contributed by atoms with van der Waals surface area (Å²) in [6.45, 7) is 6.56. The molecule has 0 bridgehead atoms. The minimum atomic E-state index is 0.0691. The summed E-state index contributed by atoms with van der Waals surface area (Å²) in [6.07, 6.45) is 3.62. The summed E-state index contributed by atoms with van der Waals surface area (Å²) in [7, 11) is 0. The van der Waals surface area contributed by atoms with Crippen molar-refractivity contribution in [3.63, 3.8) is 0 Å². The summed E-state index contributed by atoms with van der Waals surface area (Å²) in [5.41, 5.74) is 3.58. The van der Waals surface area contributed by atoms with Crippen LogP contribution in [0.2, 0.25) is 0 Å². The van der Waals surface area contributed by atoms with Gasteiger partial charge in [-0.3, -0.25) is 9.78 Å². The molecule has 0 radical (unpaired) electrons. The van der Waals surface area contributed by atoms with Crippen LogP contribution in [0.1, 0.15) is 22.7 Å². The Bertz CT molecular complexity index is 705. The molecule has 4 nitrogen and oxygen atoms in total. The predicted molar refractivity (Wildman–Crippen MR) is 98.2 cm³/mol. The highest BCUT2D eigenvalue weighted by Crippen LogP contribution is 2.26. The molecule has 24 heavy (non-hydrogen) atoms. The molecule has 2 aromatic rings. The zero-order valence-corrected chi connectivity index (χ0v) is 15.0. The number of nitrogens with zero attached hydrogens (tertiary/aromatic N) is 2. The van der Waals surface area contributed by atoms with E-state index in [1.165, 1.54) is 16.0 Å². The summed E-state index contributed by atoms with van der Waals surface area (Å²) >= 11 is 1.63. The highest BCUT2D eigenvalue weighted by atomic mass is 32.2. The Hall–Kier alpha value is -1.85. The van der Waals surface area contributed by atoms with Gasteiger partial charge < -0.3 is 10.2 Å². The van der Waals surface area contributed by atoms with Crippen molar-refractivity contribution in [1.29, 1.82) is 0 Å². The number of pyridine rings is 1. The van der Waals surface area contributed by atoms with E-state index in [4.69, 9.17) is 0 Å². The highest BCUT2D eigenvalue weighted by Gasteiger charge is 2.27. The first-order chi connectivity index (χ1) is 11.6. The van der Waals surface area contributed by atoms with Crippen LogP contribution in [0.25, 0.3) is 0 Å². The Balaban J connectivity index is 1.68. The van der Waals surface area contributed by atoms with Crippen molar-refractivity contribution in [1.82, 2.24) is 15.2 Å². The van der Waals surface area contributed by atoms with Crippen molar-refractivity contribution in [2.45, 2.75) is 24.8 Å². The number of carbonyl (C=O) groups excluding carboxylic acids is 1. The molecule has 1 atom stereocenters. The average molecular weight is 341 g/mol. The summed E-state index contributed by atoms with van der Waals surface area (Å²) in [5.74, 6) is 0.663. The fourth-order valence-electron chi connectivity index (χ4n) is 3.06. The molecule has 1 aliphatic rings. The van der Waals surface area contributed by atoms with Crippen molar-refractivity contribution in [2.75, 3.05) is 25.4 Å². The van der Waals surface area contributed by atoms with Crippen molar-refractivity contribution in [3.8, 4) is 0 Å². The van der Waals surface area contributed by atoms with E-state index in [1.54, 1.807) is 18.0 Å². The minimum Gasteiger partial charge on any atom is -0.332 e. The number of hydrogen-bond donors (Lipinski definition) is 1. The second-order valence-corrected chi connectivity index (χ2v) is 7.17. The fraction of sp³-hybridized carbons (Fsp3) is 0.368. The van der Waals surface area contributed by atoms with Gasteiger partial charge in [0, 0.05) is 36.9 Å². The van der Waals surface area contributed by atoms with Gasteiger partial charge in [0.1, 0.15) is 0 Å². The number of hydrogen-bond acceptors (Lipinski definition) is 4. The van der Waals surface area contributed by atoms with Crippen molar-refractivity contribution in [2.24, 2.45) is 0 Å². The van der Waals surface area contributed by atoms with Gasteiger partial charge in [-0.2, -0.15) is 0 Å². The Morgan fingerprint density at radius 3 is 3.00 bits per heavy atom. The highest BCUT2D eigenvalue weighted by molar-refractivity contribution is 8.00. The molecular weight excluding hydrogens is 318 g/mol. The molecule has 2 heterocycles. The number of aryl methyl sites for hydroxylation is 2. The fourth-order valence-corrected chi connectivity index (χ4v) is 3.95. The SMILES string of the molecule is Cc1ccc(SCC(=O)N2CCNCC2c2cccnc2)c(C)c1. The maximum Gasteiger partial charge on any atom is 0.233 e. The molecular formula is C19H23N3OS. The molecule has 126 valence electrons. The first-order valence-electron chi connectivity index (χ1n) is 8.25. The lowest BCUT2D eigenvalue weighted by atomic mass is 10.1. The van der Waals surface area contributed by atoms with Crippen molar-refractivity contribution in [3.05, 3.63) is 59.4 Å².